The molecule has 0 unspecified atom stereocenters. The first-order valence-electron chi connectivity index (χ1n) is 10.8. The average Bonchev–Trinajstić information content (AvgIpc) is 3.20. The van der Waals surface area contributed by atoms with Gasteiger partial charge in [-0.1, -0.05) is 35.3 Å². The van der Waals surface area contributed by atoms with Gasteiger partial charge in [0, 0.05) is 9.90 Å². The molecule has 0 fully saturated rings. The van der Waals surface area contributed by atoms with Crippen molar-refractivity contribution in [3.63, 3.8) is 0 Å². The molecule has 2 aromatic carbocycles. The SMILES string of the molecule is N#Cc1c(NC(=O)C(=O)NN=Cc2cccc(OC(=O)c3ccc(Cl)cc3Cl)c2)sc2c1CCCC2. The highest BCUT2D eigenvalue weighted by Crippen LogP contribution is 2.37. The predicted molar refractivity (Wildman–Crippen MR) is 138 cm³/mol. The van der Waals surface area contributed by atoms with Gasteiger partial charge >= 0.3 is 17.8 Å². The van der Waals surface area contributed by atoms with E-state index in [1.54, 1.807) is 18.2 Å². The summed E-state index contributed by atoms with van der Waals surface area (Å²) in [6, 6.07) is 12.9. The third kappa shape index (κ3) is 5.91. The van der Waals surface area contributed by atoms with Gasteiger partial charge in [-0.3, -0.25) is 9.59 Å². The first-order chi connectivity index (χ1) is 17.4. The van der Waals surface area contributed by atoms with E-state index in [-0.39, 0.29) is 16.3 Å². The van der Waals surface area contributed by atoms with Crippen LogP contribution in [0.3, 0.4) is 0 Å². The fourth-order valence-corrected chi connectivity index (χ4v) is 5.34. The number of carbonyl (C=O) groups excluding carboxylic acids is 3. The van der Waals surface area contributed by atoms with E-state index in [2.05, 4.69) is 21.9 Å². The van der Waals surface area contributed by atoms with Gasteiger partial charge in [0.15, 0.2) is 0 Å². The number of halogens is 2. The molecule has 2 N–H and O–H groups in total. The van der Waals surface area contributed by atoms with Crippen LogP contribution in [0.2, 0.25) is 10.0 Å². The molecule has 182 valence electrons. The Morgan fingerprint density at radius 3 is 2.67 bits per heavy atom. The Labute approximate surface area is 220 Å². The van der Waals surface area contributed by atoms with Crippen molar-refractivity contribution in [2.45, 2.75) is 25.7 Å². The summed E-state index contributed by atoms with van der Waals surface area (Å²) in [5.41, 5.74) is 4.19. The van der Waals surface area contributed by atoms with Gasteiger partial charge in [-0.25, -0.2) is 10.2 Å². The summed E-state index contributed by atoms with van der Waals surface area (Å²) in [4.78, 5) is 38.0. The lowest BCUT2D eigenvalue weighted by atomic mass is 9.96. The molecule has 2 amide bonds. The number of rotatable bonds is 5. The Bertz CT molecular complexity index is 1430. The molecule has 0 spiro atoms. The van der Waals surface area contributed by atoms with Gasteiger partial charge in [0.2, 0.25) is 0 Å². The standard InChI is InChI=1S/C25H18Cl2N4O4S/c26-15-8-9-18(20(27)11-15)25(34)35-16-5-3-4-14(10-16)13-29-31-23(33)22(32)30-24-19(12-28)17-6-1-2-7-21(17)36-24/h3-5,8-11,13H,1-2,6-7H2,(H,30,32)(H,31,33). The molecule has 0 bridgehead atoms. The maximum atomic E-state index is 12.4. The zero-order chi connectivity index (χ0) is 25.7. The van der Waals surface area contributed by atoms with Crippen LogP contribution >= 0.6 is 34.5 Å². The van der Waals surface area contributed by atoms with Crippen molar-refractivity contribution in [1.29, 1.82) is 5.26 Å². The lowest BCUT2D eigenvalue weighted by Gasteiger charge is -2.09. The van der Waals surface area contributed by atoms with Gasteiger partial charge < -0.3 is 10.1 Å². The number of nitrogens with one attached hydrogen (secondary N) is 2. The number of ether oxygens (including phenoxy) is 1. The summed E-state index contributed by atoms with van der Waals surface area (Å²) in [5, 5.41) is 16.7. The molecule has 11 heteroatoms. The van der Waals surface area contributed by atoms with Gasteiger partial charge in [-0.15, -0.1) is 11.3 Å². The highest BCUT2D eigenvalue weighted by atomic mass is 35.5. The molecule has 4 rings (SSSR count). The minimum Gasteiger partial charge on any atom is -0.423 e. The van der Waals surface area contributed by atoms with Crippen molar-refractivity contribution in [2.24, 2.45) is 5.10 Å². The van der Waals surface area contributed by atoms with Crippen LogP contribution < -0.4 is 15.5 Å². The lowest BCUT2D eigenvalue weighted by Crippen LogP contribution is -2.32. The van der Waals surface area contributed by atoms with E-state index in [1.807, 2.05) is 0 Å². The lowest BCUT2D eigenvalue weighted by molar-refractivity contribution is -0.136. The normalized spacial score (nSPS) is 12.5. The second-order valence-corrected chi connectivity index (χ2v) is 9.72. The first kappa shape index (κ1) is 25.4. The molecule has 1 heterocycles. The number of benzene rings is 2. The molecule has 1 aliphatic carbocycles. The maximum absolute atomic E-state index is 12.4. The molecule has 8 nitrogen and oxygen atoms in total. The van der Waals surface area contributed by atoms with Crippen molar-refractivity contribution in [1.82, 2.24) is 5.43 Å². The summed E-state index contributed by atoms with van der Waals surface area (Å²) in [6.45, 7) is 0. The molecule has 0 radical (unpaired) electrons. The van der Waals surface area contributed by atoms with E-state index in [0.29, 0.717) is 21.2 Å². The Morgan fingerprint density at radius 2 is 1.89 bits per heavy atom. The van der Waals surface area contributed by atoms with E-state index in [4.69, 9.17) is 27.9 Å². The molecule has 0 atom stereocenters. The fraction of sp³-hybridized carbons (Fsp3) is 0.160. The molecule has 3 aromatic rings. The van der Waals surface area contributed by atoms with Gasteiger partial charge in [0.1, 0.15) is 16.8 Å². The number of fused-ring (bicyclic) bond motifs is 1. The Morgan fingerprint density at radius 1 is 1.08 bits per heavy atom. The second-order valence-electron chi connectivity index (χ2n) is 7.77. The van der Waals surface area contributed by atoms with Crippen LogP contribution in [-0.2, 0) is 22.4 Å². The first-order valence-corrected chi connectivity index (χ1v) is 12.4. The number of thiophene rings is 1. The summed E-state index contributed by atoms with van der Waals surface area (Å²) in [7, 11) is 0. The number of esters is 1. The van der Waals surface area contributed by atoms with Crippen molar-refractivity contribution >= 4 is 63.5 Å². The third-order valence-corrected chi connectivity index (χ3v) is 7.07. The number of hydrogen-bond acceptors (Lipinski definition) is 7. The van der Waals surface area contributed by atoms with Crippen LogP contribution in [-0.4, -0.2) is 24.0 Å². The van der Waals surface area contributed by atoms with Gasteiger partial charge in [-0.05, 0) is 67.1 Å². The van der Waals surface area contributed by atoms with Gasteiger partial charge in [0.25, 0.3) is 0 Å². The number of nitrogens with zero attached hydrogens (tertiary/aromatic N) is 2. The number of hydrogen-bond donors (Lipinski definition) is 2. The molecule has 1 aromatic heterocycles. The van der Waals surface area contributed by atoms with Crippen LogP contribution in [0.4, 0.5) is 5.00 Å². The fourth-order valence-electron chi connectivity index (χ4n) is 3.62. The molecule has 1 aliphatic rings. The van der Waals surface area contributed by atoms with Crippen LogP contribution in [0.5, 0.6) is 5.75 Å². The van der Waals surface area contributed by atoms with E-state index in [1.165, 1.54) is 41.8 Å². The van der Waals surface area contributed by atoms with Gasteiger partial charge in [-0.2, -0.15) is 10.4 Å². The third-order valence-electron chi connectivity index (χ3n) is 5.32. The molecule has 0 saturated heterocycles. The number of hydrazone groups is 1. The average molecular weight is 541 g/mol. The van der Waals surface area contributed by atoms with Gasteiger partial charge in [0.05, 0.1) is 22.4 Å². The van der Waals surface area contributed by atoms with Crippen molar-refractivity contribution in [3.8, 4) is 11.8 Å². The zero-order valence-electron chi connectivity index (χ0n) is 18.6. The summed E-state index contributed by atoms with van der Waals surface area (Å²) >= 11 is 13.2. The number of anilines is 1. The Balaban J connectivity index is 1.36. The monoisotopic (exact) mass is 540 g/mol. The van der Waals surface area contributed by atoms with Crippen LogP contribution in [0, 0.1) is 11.3 Å². The highest BCUT2D eigenvalue weighted by molar-refractivity contribution is 7.16. The van der Waals surface area contributed by atoms with Crippen molar-refractivity contribution in [3.05, 3.63) is 79.6 Å². The zero-order valence-corrected chi connectivity index (χ0v) is 21.0. The quantitative estimate of drug-likeness (QED) is 0.153. The Hall–Kier alpha value is -3.71. The predicted octanol–water partition coefficient (Wildman–Crippen LogP) is 5.11. The second kappa shape index (κ2) is 11.4. The van der Waals surface area contributed by atoms with E-state index in [0.717, 1.165) is 36.1 Å². The highest BCUT2D eigenvalue weighted by Gasteiger charge is 2.23. The topological polar surface area (TPSA) is 121 Å². The van der Waals surface area contributed by atoms with E-state index < -0.39 is 17.8 Å². The van der Waals surface area contributed by atoms with Crippen molar-refractivity contribution < 1.29 is 19.1 Å². The van der Waals surface area contributed by atoms with E-state index in [9.17, 15) is 19.6 Å². The summed E-state index contributed by atoms with van der Waals surface area (Å²) < 4.78 is 5.35. The molecule has 0 saturated carbocycles. The number of carbonyl (C=O) groups is 3. The van der Waals surface area contributed by atoms with Crippen LogP contribution in [0.25, 0.3) is 0 Å². The maximum Gasteiger partial charge on any atom is 0.345 e. The Kier molecular flexibility index (Phi) is 8.00. The number of nitriles is 1. The number of amides is 2. The van der Waals surface area contributed by atoms with Crippen molar-refractivity contribution in [2.75, 3.05) is 5.32 Å². The minimum atomic E-state index is -0.985. The molecule has 36 heavy (non-hydrogen) atoms. The van der Waals surface area contributed by atoms with E-state index >= 15 is 0 Å². The molecule has 0 aliphatic heterocycles. The summed E-state index contributed by atoms with van der Waals surface area (Å²) in [5.74, 6) is -2.35. The molecular formula is C25H18Cl2N4O4S. The van der Waals surface area contributed by atoms with Crippen LogP contribution in [0.15, 0.2) is 47.6 Å². The number of aryl methyl sites for hydroxylation is 1. The molecular weight excluding hydrogens is 523 g/mol. The van der Waals surface area contributed by atoms with Crippen LogP contribution in [0.1, 0.15) is 44.8 Å². The minimum absolute atomic E-state index is 0.157. The smallest absolute Gasteiger partial charge is 0.345 e. The summed E-state index contributed by atoms with van der Waals surface area (Å²) in [6.07, 6.45) is 4.99. The largest absolute Gasteiger partial charge is 0.423 e.